The molecule has 0 aliphatic carbocycles. The summed E-state index contributed by atoms with van der Waals surface area (Å²) in [4.78, 5) is 11.2. The molecule has 0 heterocycles. The fraction of sp³-hybridized carbons (Fsp3) is 0.400. The van der Waals surface area contributed by atoms with E-state index in [0.717, 1.165) is 19.3 Å². The number of halogens is 1. The Morgan fingerprint density at radius 1 is 1.33 bits per heavy atom. The fourth-order valence-corrected chi connectivity index (χ4v) is 2.08. The van der Waals surface area contributed by atoms with Gasteiger partial charge in [-0.3, -0.25) is 4.79 Å². The van der Waals surface area contributed by atoms with Crippen LogP contribution in [0.1, 0.15) is 37.7 Å². The molecule has 1 rings (SSSR count). The van der Waals surface area contributed by atoms with Crippen LogP contribution in [0.3, 0.4) is 0 Å². The first-order chi connectivity index (χ1) is 7.65. The maximum absolute atomic E-state index is 11.2. The Balaban J connectivity index is 0. The summed E-state index contributed by atoms with van der Waals surface area (Å²) >= 11 is 5.59. The SMILES string of the molecule is [CH2-][C@H](CC(CCC)C(=O)Cl)c1ccccc1.[CH3-].[Cr+2]. The first kappa shape index (κ1) is 20.0. The van der Waals surface area contributed by atoms with Gasteiger partial charge in [-0.2, -0.15) is 0 Å². The molecule has 0 bridgehead atoms. The van der Waals surface area contributed by atoms with Crippen molar-refractivity contribution in [2.24, 2.45) is 5.92 Å². The van der Waals surface area contributed by atoms with Crippen molar-refractivity contribution in [2.45, 2.75) is 32.1 Å². The Labute approximate surface area is 127 Å². The van der Waals surface area contributed by atoms with Gasteiger partial charge in [0, 0.05) is 5.92 Å². The molecule has 0 aliphatic rings. The summed E-state index contributed by atoms with van der Waals surface area (Å²) in [5, 5.41) is -0.230. The molecule has 0 N–H and O–H groups in total. The van der Waals surface area contributed by atoms with Crippen molar-refractivity contribution in [1.29, 1.82) is 0 Å². The number of carbonyl (C=O) groups excluding carboxylic acids is 1. The molecule has 0 saturated carbocycles. The van der Waals surface area contributed by atoms with Gasteiger partial charge in [-0.1, -0.05) is 55.7 Å². The average molecular weight is 305 g/mol. The van der Waals surface area contributed by atoms with Crippen molar-refractivity contribution >= 4 is 16.8 Å². The zero-order valence-corrected chi connectivity index (χ0v) is 13.1. The number of carbonyl (C=O) groups is 1. The Kier molecular flexibility index (Phi) is 11.8. The van der Waals surface area contributed by atoms with Gasteiger partial charge in [-0.25, -0.2) is 0 Å². The number of benzene rings is 1. The third-order valence-corrected chi connectivity index (χ3v) is 3.11. The van der Waals surface area contributed by atoms with Crippen LogP contribution in [0.5, 0.6) is 0 Å². The predicted octanol–water partition coefficient (Wildman–Crippen LogP) is 4.62. The van der Waals surface area contributed by atoms with Gasteiger partial charge >= 0.3 is 17.4 Å². The van der Waals surface area contributed by atoms with E-state index in [4.69, 9.17) is 11.6 Å². The van der Waals surface area contributed by atoms with Crippen LogP contribution in [0.25, 0.3) is 0 Å². The monoisotopic (exact) mass is 304 g/mol. The van der Waals surface area contributed by atoms with Crippen molar-refractivity contribution in [2.75, 3.05) is 0 Å². The van der Waals surface area contributed by atoms with Gasteiger partial charge in [0.15, 0.2) is 0 Å². The van der Waals surface area contributed by atoms with Gasteiger partial charge in [0.2, 0.25) is 5.24 Å². The van der Waals surface area contributed by atoms with Crippen LogP contribution >= 0.6 is 11.6 Å². The smallest absolute Gasteiger partial charge is 0.358 e. The molecule has 0 saturated heterocycles. The van der Waals surface area contributed by atoms with Crippen LogP contribution < -0.4 is 0 Å². The topological polar surface area (TPSA) is 17.1 Å². The molecule has 0 radical (unpaired) electrons. The van der Waals surface area contributed by atoms with Gasteiger partial charge in [0.25, 0.3) is 0 Å². The molecule has 0 spiro atoms. The van der Waals surface area contributed by atoms with Gasteiger partial charge in [0.1, 0.15) is 0 Å². The molecule has 1 aromatic rings. The van der Waals surface area contributed by atoms with Crippen LogP contribution in [0.2, 0.25) is 0 Å². The Morgan fingerprint density at radius 2 is 1.89 bits per heavy atom. The van der Waals surface area contributed by atoms with Crippen molar-refractivity contribution < 1.29 is 22.2 Å². The van der Waals surface area contributed by atoms with Crippen molar-refractivity contribution in [3.63, 3.8) is 0 Å². The molecule has 0 fully saturated rings. The van der Waals surface area contributed by atoms with Crippen molar-refractivity contribution in [1.82, 2.24) is 0 Å². The molecule has 100 valence electrons. The van der Waals surface area contributed by atoms with Crippen LogP contribution in [0.4, 0.5) is 0 Å². The van der Waals surface area contributed by atoms with E-state index >= 15 is 0 Å². The van der Waals surface area contributed by atoms with Crippen molar-refractivity contribution in [3.8, 4) is 0 Å². The van der Waals surface area contributed by atoms with Gasteiger partial charge < -0.3 is 14.4 Å². The van der Waals surface area contributed by atoms with E-state index in [1.165, 1.54) is 5.56 Å². The third kappa shape index (κ3) is 6.59. The quantitative estimate of drug-likeness (QED) is 0.553. The minimum absolute atomic E-state index is 0. The number of hydrogen-bond donors (Lipinski definition) is 0. The molecule has 0 aliphatic heterocycles. The first-order valence-corrected chi connectivity index (χ1v) is 6.10. The van der Waals surface area contributed by atoms with E-state index in [9.17, 15) is 4.79 Å². The van der Waals surface area contributed by atoms with Gasteiger partial charge in [0.05, 0.1) is 0 Å². The molecular weight excluding hydrogens is 284 g/mol. The van der Waals surface area contributed by atoms with E-state index in [0.29, 0.717) is 0 Å². The minimum atomic E-state index is -0.230. The molecule has 0 aromatic heterocycles. The molecule has 1 aromatic carbocycles. The molecule has 2 atom stereocenters. The maximum Gasteiger partial charge on any atom is 2.00 e. The molecule has 0 amide bonds. The normalized spacial score (nSPS) is 12.8. The van der Waals surface area contributed by atoms with E-state index in [1.807, 2.05) is 30.3 Å². The summed E-state index contributed by atoms with van der Waals surface area (Å²) < 4.78 is 0. The van der Waals surface area contributed by atoms with Crippen LogP contribution in [0.15, 0.2) is 30.3 Å². The zero-order valence-electron chi connectivity index (χ0n) is 11.1. The van der Waals surface area contributed by atoms with Gasteiger partial charge in [-0.05, 0) is 18.0 Å². The second-order valence-corrected chi connectivity index (χ2v) is 4.51. The second-order valence-electron chi connectivity index (χ2n) is 4.13. The summed E-state index contributed by atoms with van der Waals surface area (Å²) in [6, 6.07) is 10.0. The molecule has 1 unspecified atom stereocenters. The average Bonchev–Trinajstić information content (AvgIpc) is 2.29. The summed E-state index contributed by atoms with van der Waals surface area (Å²) in [5.41, 5.74) is 1.17. The largest absolute Gasteiger partial charge is 2.00 e. The summed E-state index contributed by atoms with van der Waals surface area (Å²) in [5.74, 6) is 0.0785. The number of hydrogen-bond acceptors (Lipinski definition) is 1. The van der Waals surface area contributed by atoms with Gasteiger partial charge in [-0.15, -0.1) is 5.92 Å². The summed E-state index contributed by atoms with van der Waals surface area (Å²) in [6.07, 6.45) is 2.56. The first-order valence-electron chi connectivity index (χ1n) is 5.72. The van der Waals surface area contributed by atoms with Crippen LogP contribution in [-0.2, 0) is 22.2 Å². The molecule has 1 nitrogen and oxygen atoms in total. The Hall–Kier alpha value is -0.288. The fourth-order valence-electron chi connectivity index (χ4n) is 1.88. The standard InChI is InChI=1S/C14H18ClO.CH3.Cr/c1-3-7-13(14(15)16)10-11(2)12-8-5-4-6-9-12;;/h4-6,8-9,11,13H,2-3,7,10H2,1H3;1H3;/q2*-1;+2/t11-,13?;;/m1../s1. The molecular formula is C15H21ClCrO. The minimum Gasteiger partial charge on any atom is -0.358 e. The Bertz CT molecular complexity index is 327. The second kappa shape index (κ2) is 10.6. The van der Waals surface area contributed by atoms with E-state index in [-0.39, 0.29) is 41.9 Å². The third-order valence-electron chi connectivity index (χ3n) is 2.80. The van der Waals surface area contributed by atoms with E-state index in [1.54, 1.807) is 0 Å². The van der Waals surface area contributed by atoms with Crippen molar-refractivity contribution in [3.05, 3.63) is 50.2 Å². The van der Waals surface area contributed by atoms with Crippen LogP contribution in [-0.4, -0.2) is 5.24 Å². The van der Waals surface area contributed by atoms with Crippen LogP contribution in [0, 0.1) is 20.3 Å². The summed E-state index contributed by atoms with van der Waals surface area (Å²) in [7, 11) is 0. The molecule has 18 heavy (non-hydrogen) atoms. The number of rotatable bonds is 6. The zero-order chi connectivity index (χ0) is 12.0. The predicted molar refractivity (Wildman–Crippen MR) is 74.8 cm³/mol. The molecule has 3 heteroatoms. The van der Waals surface area contributed by atoms with E-state index in [2.05, 4.69) is 13.8 Å². The maximum atomic E-state index is 11.2. The summed E-state index contributed by atoms with van der Waals surface area (Å²) in [6.45, 7) is 6.16. The van der Waals surface area contributed by atoms with E-state index < -0.39 is 0 Å². The Morgan fingerprint density at radius 3 is 2.33 bits per heavy atom.